The maximum Gasteiger partial charge on any atom is 0.325 e. The topological polar surface area (TPSA) is 49.8 Å². The third-order valence-corrected chi connectivity index (χ3v) is 3.38. The molecule has 4 heteroatoms. The van der Waals surface area contributed by atoms with E-state index in [1.54, 1.807) is 31.2 Å². The van der Waals surface area contributed by atoms with E-state index in [0.29, 0.717) is 17.9 Å². The van der Waals surface area contributed by atoms with Crippen LogP contribution in [0.15, 0.2) is 54.6 Å². The molecule has 0 aromatic heterocycles. The van der Waals surface area contributed by atoms with Gasteiger partial charge in [-0.3, -0.25) is 9.69 Å². The predicted molar refractivity (Wildman–Crippen MR) is 81.3 cm³/mol. The highest BCUT2D eigenvalue weighted by atomic mass is 16.5. The summed E-state index contributed by atoms with van der Waals surface area (Å²) in [5, 5.41) is 9.60. The molecule has 0 heterocycles. The normalized spacial score (nSPS) is 12.1. The van der Waals surface area contributed by atoms with Crippen LogP contribution in [0.3, 0.4) is 0 Å². The Balaban J connectivity index is 2.28. The number of aliphatic carboxylic acids is 1. The van der Waals surface area contributed by atoms with Gasteiger partial charge in [-0.1, -0.05) is 48.5 Å². The van der Waals surface area contributed by atoms with Gasteiger partial charge < -0.3 is 9.84 Å². The zero-order valence-electron chi connectivity index (χ0n) is 12.2. The minimum absolute atomic E-state index is 0.551. The van der Waals surface area contributed by atoms with Gasteiger partial charge in [-0.05, 0) is 18.7 Å². The summed E-state index contributed by atoms with van der Waals surface area (Å²) in [6, 6.07) is 16.3. The van der Waals surface area contributed by atoms with Crippen molar-refractivity contribution in [1.82, 2.24) is 4.90 Å². The third-order valence-electron chi connectivity index (χ3n) is 3.38. The molecule has 0 saturated carbocycles. The molecule has 1 atom stereocenters. The molecule has 1 N–H and O–H groups in total. The highest BCUT2D eigenvalue weighted by Crippen LogP contribution is 2.29. The van der Waals surface area contributed by atoms with Crippen molar-refractivity contribution in [1.29, 1.82) is 0 Å². The van der Waals surface area contributed by atoms with Crippen LogP contribution in [0.4, 0.5) is 0 Å². The van der Waals surface area contributed by atoms with Gasteiger partial charge in [0, 0.05) is 12.1 Å². The van der Waals surface area contributed by atoms with Crippen molar-refractivity contribution in [3.63, 3.8) is 0 Å². The van der Waals surface area contributed by atoms with Gasteiger partial charge in [0.05, 0.1) is 7.11 Å². The van der Waals surface area contributed by atoms with Gasteiger partial charge in [0.2, 0.25) is 0 Å². The summed E-state index contributed by atoms with van der Waals surface area (Å²) in [6.45, 7) is 0.551. The fourth-order valence-electron chi connectivity index (χ4n) is 2.41. The number of rotatable bonds is 6. The van der Waals surface area contributed by atoms with E-state index < -0.39 is 12.0 Å². The van der Waals surface area contributed by atoms with Crippen molar-refractivity contribution in [3.05, 3.63) is 65.7 Å². The van der Waals surface area contributed by atoms with Crippen molar-refractivity contribution >= 4 is 5.97 Å². The molecular formula is C17H19NO3. The number of carboxylic acids is 1. The van der Waals surface area contributed by atoms with Crippen molar-refractivity contribution < 1.29 is 14.6 Å². The number of methoxy groups -OCH3 is 1. The molecule has 1 unspecified atom stereocenters. The molecule has 0 aliphatic heterocycles. The van der Waals surface area contributed by atoms with E-state index in [4.69, 9.17) is 4.74 Å². The largest absolute Gasteiger partial charge is 0.496 e. The van der Waals surface area contributed by atoms with Crippen LogP contribution in [0.1, 0.15) is 17.2 Å². The maximum absolute atomic E-state index is 11.7. The van der Waals surface area contributed by atoms with Crippen LogP contribution in [0.5, 0.6) is 5.75 Å². The first-order valence-corrected chi connectivity index (χ1v) is 6.73. The lowest BCUT2D eigenvalue weighted by molar-refractivity contribution is -0.143. The molecule has 2 aromatic carbocycles. The standard InChI is InChI=1S/C17H19NO3/c1-18(12-13-8-4-3-5-9-13)16(17(19)20)14-10-6-7-11-15(14)21-2/h3-11,16H,12H2,1-2H3,(H,19,20). The predicted octanol–water partition coefficient (Wildman–Crippen LogP) is 2.95. The van der Waals surface area contributed by atoms with Gasteiger partial charge in [0.1, 0.15) is 11.8 Å². The van der Waals surface area contributed by atoms with E-state index in [1.165, 1.54) is 0 Å². The van der Waals surface area contributed by atoms with Gasteiger partial charge in [-0.25, -0.2) is 0 Å². The summed E-state index contributed by atoms with van der Waals surface area (Å²) in [5.74, 6) is -0.303. The lowest BCUT2D eigenvalue weighted by atomic mass is 10.0. The van der Waals surface area contributed by atoms with Crippen molar-refractivity contribution in [3.8, 4) is 5.75 Å². The fraction of sp³-hybridized carbons (Fsp3) is 0.235. The monoisotopic (exact) mass is 285 g/mol. The molecule has 0 spiro atoms. The maximum atomic E-state index is 11.7. The lowest BCUT2D eigenvalue weighted by Crippen LogP contribution is -2.30. The number of carboxylic acid groups (broad SMARTS) is 1. The molecule has 4 nitrogen and oxygen atoms in total. The summed E-state index contributed by atoms with van der Waals surface area (Å²) in [7, 11) is 3.35. The molecule has 21 heavy (non-hydrogen) atoms. The quantitative estimate of drug-likeness (QED) is 0.886. The summed E-state index contributed by atoms with van der Waals surface area (Å²) in [6.07, 6.45) is 0. The van der Waals surface area contributed by atoms with Crippen LogP contribution < -0.4 is 4.74 Å². The molecule has 0 fully saturated rings. The van der Waals surface area contributed by atoms with E-state index in [-0.39, 0.29) is 0 Å². The lowest BCUT2D eigenvalue weighted by Gasteiger charge is -2.26. The van der Waals surface area contributed by atoms with E-state index in [0.717, 1.165) is 5.56 Å². The minimum Gasteiger partial charge on any atom is -0.496 e. The number of carbonyl (C=O) groups is 1. The van der Waals surface area contributed by atoms with Crippen LogP contribution in [0, 0.1) is 0 Å². The zero-order valence-corrected chi connectivity index (χ0v) is 12.2. The SMILES string of the molecule is COc1ccccc1C(C(=O)O)N(C)Cc1ccccc1. The summed E-state index contributed by atoms with van der Waals surface area (Å²) in [4.78, 5) is 13.5. The second-order valence-corrected chi connectivity index (χ2v) is 4.88. The first-order chi connectivity index (χ1) is 10.1. The number of para-hydroxylation sites is 1. The van der Waals surface area contributed by atoms with Crippen molar-refractivity contribution in [2.24, 2.45) is 0 Å². The Kier molecular flexibility index (Phi) is 4.95. The molecule has 2 rings (SSSR count). The molecule has 0 saturated heterocycles. The second-order valence-electron chi connectivity index (χ2n) is 4.88. The molecule has 0 bridgehead atoms. The highest BCUT2D eigenvalue weighted by Gasteiger charge is 2.27. The number of likely N-dealkylation sites (N-methyl/N-ethyl adjacent to an activating group) is 1. The first kappa shape index (κ1) is 15.1. The van der Waals surface area contributed by atoms with Gasteiger partial charge in [-0.2, -0.15) is 0 Å². The van der Waals surface area contributed by atoms with E-state index in [1.807, 2.05) is 42.5 Å². The van der Waals surface area contributed by atoms with Gasteiger partial charge >= 0.3 is 5.97 Å². The average molecular weight is 285 g/mol. The fourth-order valence-corrected chi connectivity index (χ4v) is 2.41. The Labute approximate surface area is 124 Å². The van der Waals surface area contributed by atoms with Crippen LogP contribution in [0.25, 0.3) is 0 Å². The summed E-state index contributed by atoms with van der Waals surface area (Å²) < 4.78 is 5.29. The van der Waals surface area contributed by atoms with Crippen LogP contribution in [-0.2, 0) is 11.3 Å². The number of hydrogen-bond acceptors (Lipinski definition) is 3. The molecule has 2 aromatic rings. The zero-order chi connectivity index (χ0) is 15.2. The first-order valence-electron chi connectivity index (χ1n) is 6.73. The summed E-state index contributed by atoms with van der Waals surface area (Å²) in [5.41, 5.74) is 1.73. The Hall–Kier alpha value is -2.33. The molecular weight excluding hydrogens is 266 g/mol. The molecule has 0 amide bonds. The van der Waals surface area contributed by atoms with Crippen molar-refractivity contribution in [2.75, 3.05) is 14.2 Å². The Bertz CT molecular complexity index is 598. The Morgan fingerprint density at radius 1 is 1.14 bits per heavy atom. The van der Waals surface area contributed by atoms with Crippen LogP contribution >= 0.6 is 0 Å². The van der Waals surface area contributed by atoms with E-state index in [9.17, 15) is 9.90 Å². The number of hydrogen-bond donors (Lipinski definition) is 1. The smallest absolute Gasteiger partial charge is 0.325 e. The number of ether oxygens (including phenoxy) is 1. The highest BCUT2D eigenvalue weighted by molar-refractivity contribution is 5.76. The van der Waals surface area contributed by atoms with E-state index >= 15 is 0 Å². The Morgan fingerprint density at radius 3 is 2.38 bits per heavy atom. The van der Waals surface area contributed by atoms with Crippen LogP contribution in [-0.4, -0.2) is 30.1 Å². The number of nitrogens with zero attached hydrogens (tertiary/aromatic N) is 1. The van der Waals surface area contributed by atoms with Crippen LogP contribution in [0.2, 0.25) is 0 Å². The van der Waals surface area contributed by atoms with Gasteiger partial charge in [0.15, 0.2) is 0 Å². The Morgan fingerprint density at radius 2 is 1.76 bits per heavy atom. The van der Waals surface area contributed by atoms with E-state index in [2.05, 4.69) is 0 Å². The second kappa shape index (κ2) is 6.90. The summed E-state index contributed by atoms with van der Waals surface area (Å²) >= 11 is 0. The molecule has 0 aliphatic rings. The average Bonchev–Trinajstić information content (AvgIpc) is 2.48. The van der Waals surface area contributed by atoms with Gasteiger partial charge in [-0.15, -0.1) is 0 Å². The molecule has 110 valence electrons. The number of benzene rings is 2. The molecule has 0 radical (unpaired) electrons. The van der Waals surface area contributed by atoms with Crippen molar-refractivity contribution in [2.45, 2.75) is 12.6 Å². The van der Waals surface area contributed by atoms with Gasteiger partial charge in [0.25, 0.3) is 0 Å². The molecule has 0 aliphatic carbocycles. The third kappa shape index (κ3) is 3.61. The minimum atomic E-state index is -0.891.